The lowest BCUT2D eigenvalue weighted by atomic mass is 10.1. The Morgan fingerprint density at radius 2 is 1.67 bits per heavy atom. The third kappa shape index (κ3) is 1.92. The molecule has 0 aliphatic heterocycles. The van der Waals surface area contributed by atoms with Crippen molar-refractivity contribution in [1.82, 2.24) is 0 Å². The van der Waals surface area contributed by atoms with Gasteiger partial charge in [-0.25, -0.2) is 0 Å². The van der Waals surface area contributed by atoms with Gasteiger partial charge in [0.1, 0.15) is 0 Å². The van der Waals surface area contributed by atoms with Crippen molar-refractivity contribution in [3.8, 4) is 0 Å². The molecule has 1 nitrogen and oxygen atoms in total. The second-order valence-electron chi connectivity index (χ2n) is 3.06. The van der Waals surface area contributed by atoms with E-state index in [4.69, 9.17) is 11.6 Å². The maximum absolute atomic E-state index is 5.59. The molecule has 12 heavy (non-hydrogen) atoms. The Balaban J connectivity index is 3.05. The van der Waals surface area contributed by atoms with Crippen LogP contribution in [0.25, 0.3) is 0 Å². The summed E-state index contributed by atoms with van der Waals surface area (Å²) in [6, 6.07) is 4.76. The van der Waals surface area contributed by atoms with Crippen LogP contribution in [0.4, 0.5) is 5.69 Å². The molecule has 1 aromatic rings. The van der Waals surface area contributed by atoms with Crippen LogP contribution in [-0.4, -0.2) is 6.00 Å². The molecule has 66 valence electrons. The van der Waals surface area contributed by atoms with Crippen molar-refractivity contribution in [2.24, 2.45) is 0 Å². The van der Waals surface area contributed by atoms with Crippen LogP contribution in [0.1, 0.15) is 16.7 Å². The molecule has 0 saturated carbocycles. The van der Waals surface area contributed by atoms with Gasteiger partial charge in [0.2, 0.25) is 0 Å². The summed E-state index contributed by atoms with van der Waals surface area (Å²) in [6.45, 7) is 6.31. The number of alkyl halides is 1. The Bertz CT molecular complexity index is 281. The molecule has 1 rings (SSSR count). The standard InChI is InChI=1S/C10H14ClN/c1-7-4-9(3)10(12-6-11)5-8(7)2/h4-5,12H,6H2,1-3H3. The normalized spacial score (nSPS) is 10.0. The average Bonchev–Trinajstić information content (AvgIpc) is 2.01. The van der Waals surface area contributed by atoms with Gasteiger partial charge in [-0.3, -0.25) is 0 Å². The molecule has 0 radical (unpaired) electrons. The summed E-state index contributed by atoms with van der Waals surface area (Å²) >= 11 is 5.59. The summed E-state index contributed by atoms with van der Waals surface area (Å²) in [5.74, 6) is 0. The van der Waals surface area contributed by atoms with Gasteiger partial charge in [0.15, 0.2) is 0 Å². The number of benzene rings is 1. The first-order valence-corrected chi connectivity index (χ1v) is 4.56. The van der Waals surface area contributed by atoms with E-state index in [0.29, 0.717) is 6.00 Å². The molecule has 0 unspecified atom stereocenters. The van der Waals surface area contributed by atoms with Crippen LogP contribution in [0, 0.1) is 20.8 Å². The smallest absolute Gasteiger partial charge is 0.0901 e. The highest BCUT2D eigenvalue weighted by Crippen LogP contribution is 2.19. The third-order valence-electron chi connectivity index (χ3n) is 2.10. The second-order valence-corrected chi connectivity index (χ2v) is 3.33. The van der Waals surface area contributed by atoms with Gasteiger partial charge in [-0.2, -0.15) is 0 Å². The Morgan fingerprint density at radius 1 is 1.08 bits per heavy atom. The second kappa shape index (κ2) is 3.81. The van der Waals surface area contributed by atoms with Crippen molar-refractivity contribution in [2.45, 2.75) is 20.8 Å². The molecule has 0 aliphatic carbocycles. The first-order valence-electron chi connectivity index (χ1n) is 4.03. The molecule has 1 aromatic carbocycles. The van der Waals surface area contributed by atoms with Gasteiger partial charge in [-0.1, -0.05) is 6.07 Å². The van der Waals surface area contributed by atoms with Crippen LogP contribution in [0.5, 0.6) is 0 Å². The minimum atomic E-state index is 0.462. The number of hydrogen-bond acceptors (Lipinski definition) is 1. The van der Waals surface area contributed by atoms with Gasteiger partial charge in [-0.05, 0) is 43.5 Å². The highest BCUT2D eigenvalue weighted by molar-refractivity contribution is 6.18. The van der Waals surface area contributed by atoms with Gasteiger partial charge >= 0.3 is 0 Å². The van der Waals surface area contributed by atoms with Gasteiger partial charge in [-0.15, -0.1) is 11.6 Å². The van der Waals surface area contributed by atoms with E-state index in [1.165, 1.54) is 16.7 Å². The van der Waals surface area contributed by atoms with E-state index < -0.39 is 0 Å². The summed E-state index contributed by atoms with van der Waals surface area (Å²) in [7, 11) is 0. The predicted molar refractivity (Wildman–Crippen MR) is 55.0 cm³/mol. The van der Waals surface area contributed by atoms with Crippen LogP contribution in [-0.2, 0) is 0 Å². The monoisotopic (exact) mass is 183 g/mol. The highest BCUT2D eigenvalue weighted by Gasteiger charge is 1.99. The molecule has 2 heteroatoms. The average molecular weight is 184 g/mol. The summed E-state index contributed by atoms with van der Waals surface area (Å²) in [6.07, 6.45) is 0. The highest BCUT2D eigenvalue weighted by atomic mass is 35.5. The fourth-order valence-corrected chi connectivity index (χ4v) is 1.37. The molecule has 0 fully saturated rings. The van der Waals surface area contributed by atoms with E-state index in [2.05, 4.69) is 38.2 Å². The van der Waals surface area contributed by atoms with Crippen molar-refractivity contribution in [2.75, 3.05) is 11.3 Å². The largest absolute Gasteiger partial charge is 0.371 e. The molecule has 0 atom stereocenters. The molecular formula is C10H14ClN. The van der Waals surface area contributed by atoms with E-state index >= 15 is 0 Å². The topological polar surface area (TPSA) is 12.0 Å². The van der Waals surface area contributed by atoms with Gasteiger partial charge in [0.25, 0.3) is 0 Å². The van der Waals surface area contributed by atoms with Crippen molar-refractivity contribution in [1.29, 1.82) is 0 Å². The molecule has 0 bridgehead atoms. The van der Waals surface area contributed by atoms with E-state index in [9.17, 15) is 0 Å². The van der Waals surface area contributed by atoms with Gasteiger partial charge < -0.3 is 5.32 Å². The van der Waals surface area contributed by atoms with Crippen molar-refractivity contribution >= 4 is 17.3 Å². The molecule has 0 saturated heterocycles. The van der Waals surface area contributed by atoms with Crippen molar-refractivity contribution < 1.29 is 0 Å². The van der Waals surface area contributed by atoms with Crippen LogP contribution in [0.3, 0.4) is 0 Å². The van der Waals surface area contributed by atoms with E-state index in [1.54, 1.807) is 0 Å². The number of nitrogens with one attached hydrogen (secondary N) is 1. The molecule has 0 heterocycles. The van der Waals surface area contributed by atoms with Crippen LogP contribution < -0.4 is 5.32 Å². The minimum Gasteiger partial charge on any atom is -0.371 e. The zero-order valence-corrected chi connectivity index (χ0v) is 8.50. The Hall–Kier alpha value is -0.690. The molecule has 1 N–H and O–H groups in total. The maximum atomic E-state index is 5.59. The Morgan fingerprint density at radius 3 is 2.25 bits per heavy atom. The zero-order valence-electron chi connectivity index (χ0n) is 7.74. The van der Waals surface area contributed by atoms with Gasteiger partial charge in [0.05, 0.1) is 6.00 Å². The number of halogens is 1. The lowest BCUT2D eigenvalue weighted by molar-refractivity contribution is 1.28. The first-order chi connectivity index (χ1) is 5.65. The Labute approximate surface area is 78.7 Å². The predicted octanol–water partition coefficient (Wildman–Crippen LogP) is 3.22. The lowest BCUT2D eigenvalue weighted by Gasteiger charge is -2.09. The molecule has 0 spiro atoms. The fraction of sp³-hybridized carbons (Fsp3) is 0.400. The van der Waals surface area contributed by atoms with Crippen molar-refractivity contribution in [3.63, 3.8) is 0 Å². The Kier molecular flexibility index (Phi) is 2.99. The van der Waals surface area contributed by atoms with Crippen LogP contribution in [0.2, 0.25) is 0 Å². The number of aryl methyl sites for hydroxylation is 3. The minimum absolute atomic E-state index is 0.462. The van der Waals surface area contributed by atoms with E-state index in [-0.39, 0.29) is 0 Å². The summed E-state index contributed by atoms with van der Waals surface area (Å²) in [5, 5.41) is 3.11. The quantitative estimate of drug-likeness (QED) is 0.549. The zero-order chi connectivity index (χ0) is 9.14. The third-order valence-corrected chi connectivity index (χ3v) is 2.23. The van der Waals surface area contributed by atoms with Crippen LogP contribution in [0.15, 0.2) is 12.1 Å². The lowest BCUT2D eigenvalue weighted by Crippen LogP contribution is -1.98. The number of hydrogen-bond donors (Lipinski definition) is 1. The molecule has 0 aliphatic rings. The summed E-state index contributed by atoms with van der Waals surface area (Å²) in [5.41, 5.74) is 5.01. The van der Waals surface area contributed by atoms with E-state index in [1.807, 2.05) is 0 Å². The number of anilines is 1. The van der Waals surface area contributed by atoms with Crippen LogP contribution >= 0.6 is 11.6 Å². The molecule has 0 aromatic heterocycles. The first kappa shape index (κ1) is 9.40. The van der Waals surface area contributed by atoms with E-state index in [0.717, 1.165) is 5.69 Å². The fourth-order valence-electron chi connectivity index (χ4n) is 1.22. The van der Waals surface area contributed by atoms with Gasteiger partial charge in [0, 0.05) is 5.69 Å². The SMILES string of the molecule is Cc1cc(C)c(NCCl)cc1C. The van der Waals surface area contributed by atoms with Crippen molar-refractivity contribution in [3.05, 3.63) is 28.8 Å². The maximum Gasteiger partial charge on any atom is 0.0901 e. The molecular weight excluding hydrogens is 170 g/mol. The summed E-state index contributed by atoms with van der Waals surface area (Å²) < 4.78 is 0. The molecule has 0 amide bonds. The number of rotatable bonds is 2. The summed E-state index contributed by atoms with van der Waals surface area (Å²) in [4.78, 5) is 0.